The van der Waals surface area contributed by atoms with Crippen LogP contribution in [0.4, 0.5) is 5.69 Å². The maximum Gasteiger partial charge on any atom is 0.253 e. The molecule has 1 aromatic rings. The summed E-state index contributed by atoms with van der Waals surface area (Å²) in [6, 6.07) is 7.47. The molecule has 1 N–H and O–H groups in total. The number of likely N-dealkylation sites (N-methyl/N-ethyl adjacent to an activating group) is 1. The summed E-state index contributed by atoms with van der Waals surface area (Å²) in [7, 11) is 5.59. The van der Waals surface area contributed by atoms with Crippen LogP contribution >= 0.6 is 0 Å². The molecule has 0 aliphatic carbocycles. The highest BCUT2D eigenvalue weighted by molar-refractivity contribution is 5.97. The zero-order valence-corrected chi connectivity index (χ0v) is 14.7. The third-order valence-electron chi connectivity index (χ3n) is 4.33. The van der Waals surface area contributed by atoms with E-state index in [2.05, 4.69) is 24.3 Å². The number of amides is 2. The molecule has 6 nitrogen and oxygen atoms in total. The minimum atomic E-state index is -0.232. The van der Waals surface area contributed by atoms with Crippen molar-refractivity contribution in [1.82, 2.24) is 9.80 Å². The number of nitrogens with zero attached hydrogens (tertiary/aromatic N) is 2. The smallest absolute Gasteiger partial charge is 0.253 e. The minimum Gasteiger partial charge on any atom is -0.375 e. The molecule has 1 heterocycles. The number of methoxy groups -OCH3 is 1. The number of carbonyl (C=O) groups excluding carboxylic acids is 2. The van der Waals surface area contributed by atoms with Gasteiger partial charge in [0.15, 0.2) is 0 Å². The second-order valence-corrected chi connectivity index (χ2v) is 6.43. The van der Waals surface area contributed by atoms with E-state index in [1.165, 1.54) is 7.11 Å². The van der Waals surface area contributed by atoms with E-state index in [4.69, 9.17) is 4.74 Å². The Morgan fingerprint density at radius 1 is 1.33 bits per heavy atom. The Labute approximate surface area is 143 Å². The topological polar surface area (TPSA) is 61.9 Å². The lowest BCUT2D eigenvalue weighted by Crippen LogP contribution is -2.41. The number of likely N-dealkylation sites (tertiary alicyclic amines) is 1. The van der Waals surface area contributed by atoms with Crippen molar-refractivity contribution in [1.29, 1.82) is 0 Å². The van der Waals surface area contributed by atoms with E-state index in [1.54, 1.807) is 24.3 Å². The van der Waals surface area contributed by atoms with E-state index in [-0.39, 0.29) is 18.4 Å². The fraction of sp³-hybridized carbons (Fsp3) is 0.556. The quantitative estimate of drug-likeness (QED) is 0.893. The van der Waals surface area contributed by atoms with E-state index >= 15 is 0 Å². The van der Waals surface area contributed by atoms with Gasteiger partial charge in [-0.3, -0.25) is 9.59 Å². The molecule has 2 rings (SSSR count). The van der Waals surface area contributed by atoms with Crippen LogP contribution in [0.1, 0.15) is 29.6 Å². The normalized spacial score (nSPS) is 18.3. The average Bonchev–Trinajstić information content (AvgIpc) is 2.81. The van der Waals surface area contributed by atoms with Gasteiger partial charge >= 0.3 is 0 Å². The molecule has 1 aliphatic heterocycles. The molecule has 6 heteroatoms. The Morgan fingerprint density at radius 2 is 2.12 bits per heavy atom. The summed E-state index contributed by atoms with van der Waals surface area (Å²) < 4.78 is 4.80. The molecule has 24 heavy (non-hydrogen) atoms. The molecule has 1 atom stereocenters. The second kappa shape index (κ2) is 8.80. The van der Waals surface area contributed by atoms with Crippen LogP contribution in [0.25, 0.3) is 0 Å². The highest BCUT2D eigenvalue weighted by Crippen LogP contribution is 2.18. The van der Waals surface area contributed by atoms with E-state index in [0.717, 1.165) is 32.4 Å². The molecular formula is C18H27N3O3. The van der Waals surface area contributed by atoms with Gasteiger partial charge in [0.25, 0.3) is 5.91 Å². The van der Waals surface area contributed by atoms with Crippen molar-refractivity contribution in [3.63, 3.8) is 0 Å². The standard InChI is InChI=1S/C18H27N3O3/c1-20(2)16-9-4-5-10-21(12-16)18(23)14-7-6-8-15(11-14)19-17(22)13-24-3/h6-8,11,16H,4-5,9-10,12-13H2,1-3H3,(H,19,22). The van der Waals surface area contributed by atoms with Gasteiger partial charge in [0.1, 0.15) is 6.61 Å². The zero-order valence-electron chi connectivity index (χ0n) is 14.7. The number of hydrogen-bond acceptors (Lipinski definition) is 4. The first-order chi connectivity index (χ1) is 11.5. The SMILES string of the molecule is COCC(=O)Nc1cccc(C(=O)N2CCCCC(N(C)C)C2)c1. The highest BCUT2D eigenvalue weighted by Gasteiger charge is 2.24. The molecule has 1 unspecified atom stereocenters. The summed E-state index contributed by atoms with van der Waals surface area (Å²) in [5.41, 5.74) is 1.21. The summed E-state index contributed by atoms with van der Waals surface area (Å²) in [4.78, 5) is 28.6. The van der Waals surface area contributed by atoms with Crippen LogP contribution in [-0.4, -0.2) is 68.6 Å². The van der Waals surface area contributed by atoms with Crippen molar-refractivity contribution in [3.8, 4) is 0 Å². The molecular weight excluding hydrogens is 306 g/mol. The minimum absolute atomic E-state index is 0.00515. The van der Waals surface area contributed by atoms with Gasteiger partial charge in [0, 0.05) is 37.5 Å². The number of carbonyl (C=O) groups is 2. The lowest BCUT2D eigenvalue weighted by Gasteiger charge is -2.28. The van der Waals surface area contributed by atoms with Crippen molar-refractivity contribution in [3.05, 3.63) is 29.8 Å². The summed E-state index contributed by atoms with van der Waals surface area (Å²) in [6.45, 7) is 1.52. The average molecular weight is 333 g/mol. The Hall–Kier alpha value is -1.92. The van der Waals surface area contributed by atoms with Gasteiger partial charge in [-0.15, -0.1) is 0 Å². The van der Waals surface area contributed by atoms with Gasteiger partial charge in [-0.25, -0.2) is 0 Å². The lowest BCUT2D eigenvalue weighted by atomic mass is 10.1. The number of hydrogen-bond donors (Lipinski definition) is 1. The summed E-state index contributed by atoms with van der Waals surface area (Å²) in [6.07, 6.45) is 3.28. The second-order valence-electron chi connectivity index (χ2n) is 6.43. The van der Waals surface area contributed by atoms with Gasteiger partial charge in [0.05, 0.1) is 0 Å². The molecule has 0 bridgehead atoms. The largest absolute Gasteiger partial charge is 0.375 e. The maximum absolute atomic E-state index is 12.9. The van der Waals surface area contributed by atoms with Gasteiger partial charge < -0.3 is 19.9 Å². The number of benzene rings is 1. The third kappa shape index (κ3) is 5.04. The van der Waals surface area contributed by atoms with E-state index < -0.39 is 0 Å². The van der Waals surface area contributed by atoms with E-state index in [9.17, 15) is 9.59 Å². The van der Waals surface area contributed by atoms with Crippen molar-refractivity contribution >= 4 is 17.5 Å². The van der Waals surface area contributed by atoms with Gasteiger partial charge in [-0.2, -0.15) is 0 Å². The summed E-state index contributed by atoms with van der Waals surface area (Å²) in [5, 5.41) is 2.74. The van der Waals surface area contributed by atoms with E-state index in [1.807, 2.05) is 4.90 Å². The molecule has 132 valence electrons. The molecule has 0 saturated carbocycles. The number of ether oxygens (including phenoxy) is 1. The van der Waals surface area contributed by atoms with Crippen molar-refractivity contribution < 1.29 is 14.3 Å². The predicted molar refractivity (Wildman–Crippen MR) is 94.2 cm³/mol. The zero-order chi connectivity index (χ0) is 17.5. The Kier molecular flexibility index (Phi) is 6.75. The molecule has 0 spiro atoms. The molecule has 1 aliphatic rings. The van der Waals surface area contributed by atoms with Crippen LogP contribution in [0.15, 0.2) is 24.3 Å². The van der Waals surface area contributed by atoms with Gasteiger partial charge in [-0.05, 0) is 45.1 Å². The first-order valence-corrected chi connectivity index (χ1v) is 8.36. The number of anilines is 1. The molecule has 1 fully saturated rings. The third-order valence-corrected chi connectivity index (χ3v) is 4.33. The van der Waals surface area contributed by atoms with Crippen molar-refractivity contribution in [2.75, 3.05) is 46.2 Å². The van der Waals surface area contributed by atoms with Crippen LogP contribution in [0.2, 0.25) is 0 Å². The Balaban J connectivity index is 2.09. The Bertz CT molecular complexity index is 574. The van der Waals surface area contributed by atoms with Crippen LogP contribution < -0.4 is 5.32 Å². The molecule has 1 aromatic carbocycles. The van der Waals surface area contributed by atoms with Crippen LogP contribution in [0.5, 0.6) is 0 Å². The summed E-state index contributed by atoms with van der Waals surface area (Å²) in [5.74, 6) is -0.212. The predicted octanol–water partition coefficient (Wildman–Crippen LogP) is 1.83. The monoisotopic (exact) mass is 333 g/mol. The lowest BCUT2D eigenvalue weighted by molar-refractivity contribution is -0.119. The fourth-order valence-electron chi connectivity index (χ4n) is 2.97. The van der Waals surface area contributed by atoms with Gasteiger partial charge in [0.2, 0.25) is 5.91 Å². The molecule has 1 saturated heterocycles. The summed E-state index contributed by atoms with van der Waals surface area (Å²) >= 11 is 0. The molecule has 0 radical (unpaired) electrons. The van der Waals surface area contributed by atoms with Crippen molar-refractivity contribution in [2.45, 2.75) is 25.3 Å². The molecule has 0 aromatic heterocycles. The van der Waals surface area contributed by atoms with Gasteiger partial charge in [-0.1, -0.05) is 12.5 Å². The van der Waals surface area contributed by atoms with Crippen LogP contribution in [-0.2, 0) is 9.53 Å². The number of rotatable bonds is 5. The maximum atomic E-state index is 12.9. The Morgan fingerprint density at radius 3 is 2.83 bits per heavy atom. The van der Waals surface area contributed by atoms with Crippen LogP contribution in [0.3, 0.4) is 0 Å². The first kappa shape index (κ1) is 18.4. The number of nitrogens with one attached hydrogen (secondary N) is 1. The van der Waals surface area contributed by atoms with Crippen molar-refractivity contribution in [2.24, 2.45) is 0 Å². The molecule has 2 amide bonds. The fourth-order valence-corrected chi connectivity index (χ4v) is 2.97. The van der Waals surface area contributed by atoms with E-state index in [0.29, 0.717) is 17.3 Å². The first-order valence-electron chi connectivity index (χ1n) is 8.36. The van der Waals surface area contributed by atoms with Crippen LogP contribution in [0, 0.1) is 0 Å². The highest BCUT2D eigenvalue weighted by atomic mass is 16.5.